The molecular weight excluding hydrogens is 261 g/mol. The van der Waals surface area contributed by atoms with E-state index in [9.17, 15) is 18.0 Å². The second kappa shape index (κ2) is 4.79. The average molecular weight is 270 g/mol. The fraction of sp³-hybridized carbons (Fsp3) is 0.154. The van der Waals surface area contributed by atoms with E-state index in [2.05, 4.69) is 0 Å². The summed E-state index contributed by atoms with van der Waals surface area (Å²) in [6.07, 6.45) is -4.73. The molecule has 3 nitrogen and oxygen atoms in total. The van der Waals surface area contributed by atoms with Gasteiger partial charge in [-0.25, -0.2) is 0 Å². The Morgan fingerprint density at radius 3 is 2.58 bits per heavy atom. The highest BCUT2D eigenvalue weighted by molar-refractivity contribution is 5.70. The molecule has 100 valence electrons. The highest BCUT2D eigenvalue weighted by atomic mass is 19.4. The van der Waals surface area contributed by atoms with Crippen LogP contribution in [0.2, 0.25) is 0 Å². The monoisotopic (exact) mass is 270 g/mol. The maximum Gasteiger partial charge on any atom is 0.416 e. The molecule has 0 bridgehead atoms. The van der Waals surface area contributed by atoms with Crippen molar-refractivity contribution in [2.24, 2.45) is 0 Å². The number of furan rings is 1. The molecule has 0 saturated carbocycles. The maximum absolute atomic E-state index is 12.6. The second-order valence-electron chi connectivity index (χ2n) is 3.92. The zero-order valence-corrected chi connectivity index (χ0v) is 9.57. The molecule has 1 aromatic heterocycles. The van der Waals surface area contributed by atoms with Gasteiger partial charge in [-0.1, -0.05) is 12.1 Å². The van der Waals surface area contributed by atoms with Crippen LogP contribution in [0.5, 0.6) is 0 Å². The third-order valence-corrected chi connectivity index (χ3v) is 2.46. The van der Waals surface area contributed by atoms with Gasteiger partial charge in [-0.15, -0.1) is 0 Å². The summed E-state index contributed by atoms with van der Waals surface area (Å²) in [4.78, 5) is 10.5. The summed E-state index contributed by atoms with van der Waals surface area (Å²) in [7, 11) is 0. The van der Waals surface area contributed by atoms with Crippen molar-refractivity contribution in [3.05, 3.63) is 47.7 Å². The van der Waals surface area contributed by atoms with Crippen LogP contribution in [0.25, 0.3) is 11.3 Å². The van der Waals surface area contributed by atoms with E-state index in [1.54, 1.807) is 0 Å². The van der Waals surface area contributed by atoms with E-state index in [4.69, 9.17) is 9.52 Å². The van der Waals surface area contributed by atoms with Crippen LogP contribution in [-0.4, -0.2) is 11.1 Å². The van der Waals surface area contributed by atoms with Crippen molar-refractivity contribution in [2.75, 3.05) is 0 Å². The number of alkyl halides is 3. The second-order valence-corrected chi connectivity index (χ2v) is 3.92. The van der Waals surface area contributed by atoms with Gasteiger partial charge in [-0.05, 0) is 24.3 Å². The molecule has 0 amide bonds. The third kappa shape index (κ3) is 3.15. The van der Waals surface area contributed by atoms with Gasteiger partial charge in [-0.3, -0.25) is 4.79 Å². The van der Waals surface area contributed by atoms with Gasteiger partial charge >= 0.3 is 12.1 Å². The highest BCUT2D eigenvalue weighted by Gasteiger charge is 2.30. The molecule has 2 rings (SSSR count). The van der Waals surface area contributed by atoms with Crippen LogP contribution in [0.4, 0.5) is 13.2 Å². The quantitative estimate of drug-likeness (QED) is 0.927. The van der Waals surface area contributed by atoms with E-state index in [-0.39, 0.29) is 23.5 Å². The molecule has 0 saturated heterocycles. The summed E-state index contributed by atoms with van der Waals surface area (Å²) in [6.45, 7) is 0. The van der Waals surface area contributed by atoms with E-state index in [1.165, 1.54) is 24.3 Å². The predicted octanol–water partition coefficient (Wildman–Crippen LogP) is 3.59. The summed E-state index contributed by atoms with van der Waals surface area (Å²) >= 11 is 0. The van der Waals surface area contributed by atoms with Gasteiger partial charge in [0.2, 0.25) is 0 Å². The van der Waals surface area contributed by atoms with Gasteiger partial charge in [0, 0.05) is 5.56 Å². The number of halogens is 3. The van der Waals surface area contributed by atoms with E-state index in [0.29, 0.717) is 0 Å². The van der Waals surface area contributed by atoms with Crippen molar-refractivity contribution in [1.82, 2.24) is 0 Å². The van der Waals surface area contributed by atoms with Crippen LogP contribution < -0.4 is 0 Å². The van der Waals surface area contributed by atoms with E-state index >= 15 is 0 Å². The minimum Gasteiger partial charge on any atom is -0.481 e. The Morgan fingerprint density at radius 2 is 1.95 bits per heavy atom. The summed E-state index contributed by atoms with van der Waals surface area (Å²) in [6, 6.07) is 7.56. The summed E-state index contributed by atoms with van der Waals surface area (Å²) in [5, 5.41) is 8.59. The lowest BCUT2D eigenvalue weighted by Gasteiger charge is -2.07. The molecule has 0 fully saturated rings. The number of aliphatic carboxylic acids is 1. The molecule has 0 spiro atoms. The van der Waals surface area contributed by atoms with Gasteiger partial charge < -0.3 is 9.52 Å². The average Bonchev–Trinajstić information content (AvgIpc) is 2.76. The zero-order valence-electron chi connectivity index (χ0n) is 9.57. The summed E-state index contributed by atoms with van der Waals surface area (Å²) < 4.78 is 42.9. The van der Waals surface area contributed by atoms with Crippen molar-refractivity contribution in [3.8, 4) is 11.3 Å². The van der Waals surface area contributed by atoms with Gasteiger partial charge in [0.15, 0.2) is 0 Å². The molecule has 1 heterocycles. The van der Waals surface area contributed by atoms with Crippen LogP contribution in [0, 0.1) is 0 Å². The van der Waals surface area contributed by atoms with Crippen LogP contribution in [-0.2, 0) is 17.4 Å². The van der Waals surface area contributed by atoms with Gasteiger partial charge in [-0.2, -0.15) is 13.2 Å². The highest BCUT2D eigenvalue weighted by Crippen LogP contribution is 2.32. The molecule has 1 aromatic carbocycles. The Balaban J connectivity index is 2.32. The van der Waals surface area contributed by atoms with Crippen molar-refractivity contribution >= 4 is 5.97 Å². The van der Waals surface area contributed by atoms with Crippen LogP contribution >= 0.6 is 0 Å². The largest absolute Gasteiger partial charge is 0.481 e. The third-order valence-electron chi connectivity index (χ3n) is 2.46. The first-order valence-electron chi connectivity index (χ1n) is 5.34. The molecule has 0 unspecified atom stereocenters. The van der Waals surface area contributed by atoms with Crippen LogP contribution in [0.1, 0.15) is 11.3 Å². The number of rotatable bonds is 3. The predicted molar refractivity (Wildman–Crippen MR) is 60.5 cm³/mol. The molecule has 0 atom stereocenters. The molecule has 2 aromatic rings. The van der Waals surface area contributed by atoms with Crippen LogP contribution in [0.3, 0.4) is 0 Å². The van der Waals surface area contributed by atoms with Crippen molar-refractivity contribution < 1.29 is 27.5 Å². The van der Waals surface area contributed by atoms with Crippen LogP contribution in [0.15, 0.2) is 40.8 Å². The Kier molecular flexibility index (Phi) is 3.33. The number of carboxylic acid groups (broad SMARTS) is 1. The fourth-order valence-electron chi connectivity index (χ4n) is 1.63. The van der Waals surface area contributed by atoms with E-state index < -0.39 is 17.7 Å². The lowest BCUT2D eigenvalue weighted by Crippen LogP contribution is -2.04. The smallest absolute Gasteiger partial charge is 0.416 e. The lowest BCUT2D eigenvalue weighted by atomic mass is 10.1. The zero-order chi connectivity index (χ0) is 14.0. The fourth-order valence-corrected chi connectivity index (χ4v) is 1.63. The topological polar surface area (TPSA) is 50.4 Å². The molecule has 0 aliphatic heterocycles. The Morgan fingerprint density at radius 1 is 1.21 bits per heavy atom. The molecule has 19 heavy (non-hydrogen) atoms. The van der Waals surface area contributed by atoms with E-state index in [1.807, 2.05) is 0 Å². The molecule has 0 radical (unpaired) electrons. The number of benzene rings is 1. The normalized spacial score (nSPS) is 11.5. The molecule has 6 heteroatoms. The first-order valence-corrected chi connectivity index (χ1v) is 5.34. The minimum absolute atomic E-state index is 0.194. The molecule has 1 N–H and O–H groups in total. The minimum atomic E-state index is -4.42. The number of carboxylic acids is 1. The summed E-state index contributed by atoms with van der Waals surface area (Å²) in [5.74, 6) is -0.660. The number of carbonyl (C=O) groups is 1. The van der Waals surface area contributed by atoms with Crippen molar-refractivity contribution in [2.45, 2.75) is 12.6 Å². The number of hydrogen-bond acceptors (Lipinski definition) is 2. The first kappa shape index (κ1) is 13.2. The summed E-state index contributed by atoms with van der Waals surface area (Å²) in [5.41, 5.74) is -0.521. The Bertz CT molecular complexity index is 599. The SMILES string of the molecule is O=C(O)Cc1ccc(-c2cccc(C(F)(F)F)c2)o1. The number of hydrogen-bond donors (Lipinski definition) is 1. The Hall–Kier alpha value is -2.24. The maximum atomic E-state index is 12.6. The van der Waals surface area contributed by atoms with Gasteiger partial charge in [0.1, 0.15) is 17.9 Å². The standard InChI is InChI=1S/C13H9F3O3/c14-13(15,16)9-3-1-2-8(6-9)11-5-4-10(19-11)7-12(17)18/h1-6H,7H2,(H,17,18). The Labute approximate surface area is 106 Å². The van der Waals surface area contributed by atoms with Crippen molar-refractivity contribution in [1.29, 1.82) is 0 Å². The molecule has 0 aliphatic rings. The molecular formula is C13H9F3O3. The van der Waals surface area contributed by atoms with Crippen molar-refractivity contribution in [3.63, 3.8) is 0 Å². The van der Waals surface area contributed by atoms with Gasteiger partial charge in [0.05, 0.1) is 5.56 Å². The van der Waals surface area contributed by atoms with Gasteiger partial charge in [0.25, 0.3) is 0 Å². The molecule has 0 aliphatic carbocycles. The lowest BCUT2D eigenvalue weighted by molar-refractivity contribution is -0.138. The first-order chi connectivity index (χ1) is 8.86. The van der Waals surface area contributed by atoms with E-state index in [0.717, 1.165) is 12.1 Å².